The Bertz CT molecular complexity index is 600. The van der Waals surface area contributed by atoms with E-state index in [9.17, 15) is 0 Å². The molecule has 0 saturated carbocycles. The van der Waals surface area contributed by atoms with Gasteiger partial charge in [-0.3, -0.25) is 4.98 Å². The van der Waals surface area contributed by atoms with Crippen molar-refractivity contribution in [3.63, 3.8) is 0 Å². The molecule has 0 fully saturated rings. The minimum Gasteiger partial charge on any atom is -0.493 e. The second-order valence-corrected chi connectivity index (χ2v) is 4.93. The highest BCUT2D eigenvalue weighted by molar-refractivity contribution is 6.31. The van der Waals surface area contributed by atoms with Crippen LogP contribution in [0.5, 0.6) is 5.75 Å². The summed E-state index contributed by atoms with van der Waals surface area (Å²) < 4.78 is 5.76. The van der Waals surface area contributed by atoms with E-state index in [1.54, 1.807) is 6.20 Å². The summed E-state index contributed by atoms with van der Waals surface area (Å²) in [6.07, 6.45) is 2.73. The van der Waals surface area contributed by atoms with Crippen molar-refractivity contribution in [2.24, 2.45) is 0 Å². The Kier molecular flexibility index (Phi) is 3.40. The van der Waals surface area contributed by atoms with E-state index in [2.05, 4.69) is 28.5 Å². The molecule has 4 heteroatoms. The van der Waals surface area contributed by atoms with Crippen molar-refractivity contribution in [2.75, 3.05) is 13.7 Å². The second kappa shape index (κ2) is 5.19. The van der Waals surface area contributed by atoms with Crippen molar-refractivity contribution < 1.29 is 4.74 Å². The first-order chi connectivity index (χ1) is 9.31. The van der Waals surface area contributed by atoms with Crippen LogP contribution < -0.4 is 10.1 Å². The van der Waals surface area contributed by atoms with E-state index in [0.717, 1.165) is 30.0 Å². The van der Waals surface area contributed by atoms with Gasteiger partial charge in [-0.2, -0.15) is 0 Å². The largest absolute Gasteiger partial charge is 0.493 e. The van der Waals surface area contributed by atoms with Crippen LogP contribution in [0.3, 0.4) is 0 Å². The van der Waals surface area contributed by atoms with Gasteiger partial charge < -0.3 is 10.1 Å². The fourth-order valence-electron chi connectivity index (χ4n) is 2.52. The van der Waals surface area contributed by atoms with Crippen molar-refractivity contribution in [1.82, 2.24) is 10.3 Å². The number of fused-ring (bicyclic) bond motifs is 1. The maximum Gasteiger partial charge on any atom is 0.127 e. The Morgan fingerprint density at radius 2 is 2.21 bits per heavy atom. The van der Waals surface area contributed by atoms with Crippen molar-refractivity contribution in [3.05, 3.63) is 58.4 Å². The third kappa shape index (κ3) is 2.20. The highest BCUT2D eigenvalue weighted by atomic mass is 35.5. The van der Waals surface area contributed by atoms with Gasteiger partial charge in [0.15, 0.2) is 0 Å². The van der Waals surface area contributed by atoms with Crippen LogP contribution >= 0.6 is 11.6 Å². The van der Waals surface area contributed by atoms with Gasteiger partial charge >= 0.3 is 0 Å². The Labute approximate surface area is 117 Å². The molecule has 0 bridgehead atoms. The topological polar surface area (TPSA) is 34.1 Å². The number of rotatable bonds is 3. The molecule has 1 unspecified atom stereocenters. The first kappa shape index (κ1) is 12.5. The molecule has 1 atom stereocenters. The molecule has 98 valence electrons. The van der Waals surface area contributed by atoms with Gasteiger partial charge in [0.2, 0.25) is 0 Å². The summed E-state index contributed by atoms with van der Waals surface area (Å²) in [5.74, 6) is 0.976. The number of ether oxygens (including phenoxy) is 1. The lowest BCUT2D eigenvalue weighted by Crippen LogP contribution is -2.20. The average Bonchev–Trinajstić information content (AvgIpc) is 2.91. The van der Waals surface area contributed by atoms with E-state index >= 15 is 0 Å². The molecule has 1 aliphatic rings. The normalized spacial score (nSPS) is 14.8. The molecule has 0 spiro atoms. The number of para-hydroxylation sites is 1. The highest BCUT2D eigenvalue weighted by Crippen LogP contribution is 2.36. The number of hydrogen-bond acceptors (Lipinski definition) is 3. The number of benzene rings is 1. The van der Waals surface area contributed by atoms with Crippen molar-refractivity contribution in [2.45, 2.75) is 12.5 Å². The number of hydrogen-bond donors (Lipinski definition) is 1. The van der Waals surface area contributed by atoms with Crippen molar-refractivity contribution in [1.29, 1.82) is 0 Å². The lowest BCUT2D eigenvalue weighted by atomic mass is 9.99. The van der Waals surface area contributed by atoms with E-state index in [1.807, 2.05) is 19.2 Å². The van der Waals surface area contributed by atoms with Crippen LogP contribution in [0.2, 0.25) is 5.02 Å². The Balaban J connectivity index is 2.09. The molecule has 2 aromatic rings. The molecular weight excluding hydrogens is 260 g/mol. The average molecular weight is 275 g/mol. The molecule has 0 saturated heterocycles. The summed E-state index contributed by atoms with van der Waals surface area (Å²) in [7, 11) is 1.91. The summed E-state index contributed by atoms with van der Waals surface area (Å²) >= 11 is 6.26. The molecule has 1 N–H and O–H groups in total. The molecule has 19 heavy (non-hydrogen) atoms. The van der Waals surface area contributed by atoms with Crippen LogP contribution in [-0.2, 0) is 6.42 Å². The van der Waals surface area contributed by atoms with Gasteiger partial charge in [0.05, 0.1) is 23.4 Å². The minimum absolute atomic E-state index is 0.0539. The van der Waals surface area contributed by atoms with Crippen molar-refractivity contribution in [3.8, 4) is 5.75 Å². The van der Waals surface area contributed by atoms with Gasteiger partial charge in [-0.05, 0) is 24.7 Å². The van der Waals surface area contributed by atoms with Gasteiger partial charge in [-0.15, -0.1) is 0 Å². The van der Waals surface area contributed by atoms with Crippen LogP contribution in [0.25, 0.3) is 0 Å². The Morgan fingerprint density at radius 1 is 1.32 bits per heavy atom. The zero-order chi connectivity index (χ0) is 13.2. The molecule has 1 aromatic heterocycles. The van der Waals surface area contributed by atoms with Crippen LogP contribution in [0.15, 0.2) is 36.5 Å². The highest BCUT2D eigenvalue weighted by Gasteiger charge is 2.24. The quantitative estimate of drug-likeness (QED) is 0.934. The van der Waals surface area contributed by atoms with Gasteiger partial charge in [-0.25, -0.2) is 0 Å². The predicted octanol–water partition coefficient (Wildman–Crippen LogP) is 2.98. The first-order valence-electron chi connectivity index (χ1n) is 6.33. The molecule has 3 nitrogen and oxygen atoms in total. The molecule has 3 rings (SSSR count). The summed E-state index contributed by atoms with van der Waals surface area (Å²) in [6.45, 7) is 0.749. The first-order valence-corrected chi connectivity index (χ1v) is 6.71. The number of nitrogens with one attached hydrogen (secondary N) is 1. The van der Waals surface area contributed by atoms with E-state index in [4.69, 9.17) is 16.3 Å². The van der Waals surface area contributed by atoms with Crippen LogP contribution in [0.1, 0.15) is 22.9 Å². The maximum atomic E-state index is 6.26. The second-order valence-electron chi connectivity index (χ2n) is 4.53. The Morgan fingerprint density at radius 3 is 3.00 bits per heavy atom. The zero-order valence-electron chi connectivity index (χ0n) is 10.7. The molecule has 1 aliphatic heterocycles. The summed E-state index contributed by atoms with van der Waals surface area (Å²) in [5, 5.41) is 3.94. The summed E-state index contributed by atoms with van der Waals surface area (Å²) in [5.41, 5.74) is 3.18. The van der Waals surface area contributed by atoms with E-state index < -0.39 is 0 Å². The minimum atomic E-state index is -0.0539. The zero-order valence-corrected chi connectivity index (χ0v) is 11.4. The molecular formula is C15H15ClN2O. The lowest BCUT2D eigenvalue weighted by Gasteiger charge is -2.19. The molecule has 0 amide bonds. The van der Waals surface area contributed by atoms with Crippen LogP contribution in [0.4, 0.5) is 0 Å². The standard InChI is InChI=1S/C15H15ClN2O/c1-17-13(14-12(16)6-3-8-18-14)11-5-2-4-10-7-9-19-15(10)11/h2-6,8,13,17H,7,9H2,1H3. The third-order valence-electron chi connectivity index (χ3n) is 3.40. The number of halogens is 1. The van der Waals surface area contributed by atoms with E-state index in [1.165, 1.54) is 5.56 Å². The third-order valence-corrected chi connectivity index (χ3v) is 3.72. The summed E-state index contributed by atoms with van der Waals surface area (Å²) in [6, 6.07) is 9.88. The fourth-order valence-corrected chi connectivity index (χ4v) is 2.75. The number of pyridine rings is 1. The molecule has 1 aromatic carbocycles. The molecule has 2 heterocycles. The van der Waals surface area contributed by atoms with Gasteiger partial charge in [0.25, 0.3) is 0 Å². The molecule has 0 aliphatic carbocycles. The smallest absolute Gasteiger partial charge is 0.127 e. The maximum absolute atomic E-state index is 6.26. The van der Waals surface area contributed by atoms with Gasteiger partial charge in [0, 0.05) is 18.2 Å². The number of nitrogens with zero attached hydrogens (tertiary/aromatic N) is 1. The molecule has 0 radical (unpaired) electrons. The van der Waals surface area contributed by atoms with Crippen LogP contribution in [0, 0.1) is 0 Å². The number of aromatic nitrogens is 1. The van der Waals surface area contributed by atoms with E-state index in [-0.39, 0.29) is 6.04 Å². The van der Waals surface area contributed by atoms with Crippen LogP contribution in [-0.4, -0.2) is 18.6 Å². The van der Waals surface area contributed by atoms with E-state index in [0.29, 0.717) is 5.02 Å². The SMILES string of the molecule is CNC(c1cccc2c1OCC2)c1ncccc1Cl. The van der Waals surface area contributed by atoms with Crippen molar-refractivity contribution >= 4 is 11.6 Å². The predicted molar refractivity (Wildman–Crippen MR) is 75.8 cm³/mol. The van der Waals surface area contributed by atoms with Gasteiger partial charge in [-0.1, -0.05) is 29.8 Å². The fraction of sp³-hybridized carbons (Fsp3) is 0.267. The van der Waals surface area contributed by atoms with Gasteiger partial charge in [0.1, 0.15) is 5.75 Å². The lowest BCUT2D eigenvalue weighted by molar-refractivity contribution is 0.351. The monoisotopic (exact) mass is 274 g/mol. The Hall–Kier alpha value is -1.58. The summed E-state index contributed by atoms with van der Waals surface area (Å²) in [4.78, 5) is 4.40.